The van der Waals surface area contributed by atoms with Gasteiger partial charge in [-0.2, -0.15) is 0 Å². The van der Waals surface area contributed by atoms with Crippen LogP contribution in [0, 0.1) is 0 Å². The highest BCUT2D eigenvalue weighted by atomic mass is 16.2. The highest BCUT2D eigenvalue weighted by Crippen LogP contribution is 2.34. The standard InChI is InChI=1S/C16H18N4O2/c17-6-8-19-13-5-4-12-14-10(13)2-1-3-11(14)15(21)20(9-7-18)16(12)22/h1-5,19H,6-9,17-18H2. The summed E-state index contributed by atoms with van der Waals surface area (Å²) in [6, 6.07) is 9.08. The van der Waals surface area contributed by atoms with Crippen molar-refractivity contribution in [3.8, 4) is 0 Å². The summed E-state index contributed by atoms with van der Waals surface area (Å²) in [5.74, 6) is -0.575. The zero-order valence-electron chi connectivity index (χ0n) is 12.1. The molecular weight excluding hydrogens is 280 g/mol. The molecule has 1 aliphatic heterocycles. The molecule has 0 fully saturated rings. The number of carbonyl (C=O) groups is 2. The molecule has 2 amide bonds. The minimum atomic E-state index is -0.287. The van der Waals surface area contributed by atoms with Crippen molar-refractivity contribution in [2.75, 3.05) is 31.5 Å². The van der Waals surface area contributed by atoms with Gasteiger partial charge in [0.15, 0.2) is 0 Å². The number of anilines is 1. The molecule has 0 aliphatic carbocycles. The van der Waals surface area contributed by atoms with Crippen molar-refractivity contribution in [3.63, 3.8) is 0 Å². The van der Waals surface area contributed by atoms with Gasteiger partial charge in [0.2, 0.25) is 0 Å². The summed E-state index contributed by atoms with van der Waals surface area (Å²) in [5.41, 5.74) is 13.0. The van der Waals surface area contributed by atoms with Crippen LogP contribution in [-0.4, -0.2) is 42.9 Å². The van der Waals surface area contributed by atoms with E-state index in [-0.39, 0.29) is 24.9 Å². The molecule has 0 atom stereocenters. The molecule has 114 valence electrons. The first-order chi connectivity index (χ1) is 10.7. The van der Waals surface area contributed by atoms with Crippen LogP contribution in [0.3, 0.4) is 0 Å². The van der Waals surface area contributed by atoms with Crippen molar-refractivity contribution in [3.05, 3.63) is 41.5 Å². The minimum absolute atomic E-state index is 0.223. The molecule has 6 heteroatoms. The Hall–Kier alpha value is -2.44. The van der Waals surface area contributed by atoms with Crippen LogP contribution in [0.25, 0.3) is 10.8 Å². The van der Waals surface area contributed by atoms with Crippen molar-refractivity contribution in [1.82, 2.24) is 4.90 Å². The van der Waals surface area contributed by atoms with Gasteiger partial charge in [0.05, 0.1) is 0 Å². The molecule has 2 aromatic rings. The molecule has 0 spiro atoms. The SMILES string of the molecule is NCCNc1ccc2c3c(cccc13)C(=O)N(CCN)C2=O. The summed E-state index contributed by atoms with van der Waals surface area (Å²) < 4.78 is 0. The first-order valence-corrected chi connectivity index (χ1v) is 7.25. The van der Waals surface area contributed by atoms with Gasteiger partial charge < -0.3 is 16.8 Å². The number of hydrogen-bond donors (Lipinski definition) is 3. The van der Waals surface area contributed by atoms with Crippen LogP contribution in [0.1, 0.15) is 20.7 Å². The highest BCUT2D eigenvalue weighted by Gasteiger charge is 2.32. The molecule has 5 N–H and O–H groups in total. The summed E-state index contributed by atoms with van der Waals surface area (Å²) in [4.78, 5) is 26.3. The van der Waals surface area contributed by atoms with Gasteiger partial charge in [0.1, 0.15) is 0 Å². The molecular formula is C16H18N4O2. The van der Waals surface area contributed by atoms with Crippen LogP contribution in [0.2, 0.25) is 0 Å². The molecule has 1 aliphatic rings. The van der Waals surface area contributed by atoms with Crippen molar-refractivity contribution >= 4 is 28.3 Å². The Bertz CT molecular complexity index is 735. The molecule has 0 saturated heterocycles. The minimum Gasteiger partial charge on any atom is -0.383 e. The van der Waals surface area contributed by atoms with Gasteiger partial charge >= 0.3 is 0 Å². The number of carbonyl (C=O) groups excluding carboxylic acids is 2. The summed E-state index contributed by atoms with van der Waals surface area (Å²) in [6.45, 7) is 1.60. The zero-order valence-corrected chi connectivity index (χ0v) is 12.1. The molecule has 0 unspecified atom stereocenters. The van der Waals surface area contributed by atoms with E-state index in [2.05, 4.69) is 5.32 Å². The van der Waals surface area contributed by atoms with E-state index in [4.69, 9.17) is 11.5 Å². The van der Waals surface area contributed by atoms with Crippen LogP contribution in [-0.2, 0) is 0 Å². The molecule has 0 radical (unpaired) electrons. The fourth-order valence-corrected chi connectivity index (χ4v) is 2.84. The zero-order chi connectivity index (χ0) is 15.7. The number of nitrogens with zero attached hydrogens (tertiary/aromatic N) is 1. The van der Waals surface area contributed by atoms with Gasteiger partial charge in [-0.15, -0.1) is 0 Å². The maximum atomic E-state index is 12.5. The summed E-state index contributed by atoms with van der Waals surface area (Å²) >= 11 is 0. The van der Waals surface area contributed by atoms with E-state index in [9.17, 15) is 9.59 Å². The molecule has 1 heterocycles. The van der Waals surface area contributed by atoms with Gasteiger partial charge in [0.25, 0.3) is 11.8 Å². The summed E-state index contributed by atoms with van der Waals surface area (Å²) in [7, 11) is 0. The maximum Gasteiger partial charge on any atom is 0.261 e. The summed E-state index contributed by atoms with van der Waals surface area (Å²) in [6.07, 6.45) is 0. The third-order valence-corrected chi connectivity index (χ3v) is 3.80. The maximum absolute atomic E-state index is 12.5. The average molecular weight is 298 g/mol. The Kier molecular flexibility index (Phi) is 3.79. The Morgan fingerprint density at radius 1 is 0.955 bits per heavy atom. The van der Waals surface area contributed by atoms with E-state index in [1.807, 2.05) is 18.2 Å². The van der Waals surface area contributed by atoms with Gasteiger partial charge in [-0.25, -0.2) is 0 Å². The topological polar surface area (TPSA) is 101 Å². The number of hydrogen-bond acceptors (Lipinski definition) is 5. The number of nitrogens with two attached hydrogens (primary N) is 2. The van der Waals surface area contributed by atoms with E-state index in [0.717, 1.165) is 11.1 Å². The molecule has 6 nitrogen and oxygen atoms in total. The van der Waals surface area contributed by atoms with Gasteiger partial charge in [0, 0.05) is 53.8 Å². The lowest BCUT2D eigenvalue weighted by atomic mass is 9.93. The number of benzene rings is 2. The second kappa shape index (κ2) is 5.75. The first kappa shape index (κ1) is 14.5. The lowest BCUT2D eigenvalue weighted by molar-refractivity contribution is 0.0615. The van der Waals surface area contributed by atoms with E-state index >= 15 is 0 Å². The number of nitrogens with one attached hydrogen (secondary N) is 1. The van der Waals surface area contributed by atoms with Crippen LogP contribution in [0.15, 0.2) is 30.3 Å². The van der Waals surface area contributed by atoms with Crippen LogP contribution in [0.4, 0.5) is 5.69 Å². The quantitative estimate of drug-likeness (QED) is 0.708. The van der Waals surface area contributed by atoms with Gasteiger partial charge in [-0.1, -0.05) is 12.1 Å². The van der Waals surface area contributed by atoms with Gasteiger partial charge in [-0.3, -0.25) is 14.5 Å². The van der Waals surface area contributed by atoms with E-state index in [1.54, 1.807) is 12.1 Å². The van der Waals surface area contributed by atoms with Gasteiger partial charge in [-0.05, 0) is 18.2 Å². The lowest BCUT2D eigenvalue weighted by Crippen LogP contribution is -2.43. The fourth-order valence-electron chi connectivity index (χ4n) is 2.84. The number of rotatable bonds is 5. The van der Waals surface area contributed by atoms with E-state index < -0.39 is 0 Å². The fraction of sp³-hybridized carbons (Fsp3) is 0.250. The molecule has 3 rings (SSSR count). The second-order valence-electron chi connectivity index (χ2n) is 5.15. The normalized spacial score (nSPS) is 13.8. The predicted molar refractivity (Wildman–Crippen MR) is 85.9 cm³/mol. The molecule has 0 saturated carbocycles. The number of imide groups is 1. The monoisotopic (exact) mass is 298 g/mol. The first-order valence-electron chi connectivity index (χ1n) is 7.25. The van der Waals surface area contributed by atoms with Crippen molar-refractivity contribution in [1.29, 1.82) is 0 Å². The van der Waals surface area contributed by atoms with Crippen LogP contribution >= 0.6 is 0 Å². The molecule has 22 heavy (non-hydrogen) atoms. The molecule has 2 aromatic carbocycles. The van der Waals surface area contributed by atoms with E-state index in [0.29, 0.717) is 29.6 Å². The second-order valence-corrected chi connectivity index (χ2v) is 5.15. The summed E-state index contributed by atoms with van der Waals surface area (Å²) in [5, 5.41) is 4.79. The Morgan fingerprint density at radius 3 is 2.36 bits per heavy atom. The van der Waals surface area contributed by atoms with Crippen molar-refractivity contribution in [2.45, 2.75) is 0 Å². The Morgan fingerprint density at radius 2 is 1.68 bits per heavy atom. The largest absolute Gasteiger partial charge is 0.383 e. The van der Waals surface area contributed by atoms with Crippen LogP contribution < -0.4 is 16.8 Å². The highest BCUT2D eigenvalue weighted by molar-refractivity contribution is 6.26. The smallest absolute Gasteiger partial charge is 0.261 e. The Balaban J connectivity index is 2.20. The van der Waals surface area contributed by atoms with Crippen LogP contribution in [0.5, 0.6) is 0 Å². The predicted octanol–water partition coefficient (Wildman–Crippen LogP) is 0.765. The molecule has 0 bridgehead atoms. The Labute approximate surface area is 128 Å². The average Bonchev–Trinajstić information content (AvgIpc) is 2.54. The van der Waals surface area contributed by atoms with Crippen molar-refractivity contribution < 1.29 is 9.59 Å². The van der Waals surface area contributed by atoms with Crippen molar-refractivity contribution in [2.24, 2.45) is 11.5 Å². The van der Waals surface area contributed by atoms with E-state index in [1.165, 1.54) is 4.90 Å². The third kappa shape index (κ3) is 2.13. The number of amides is 2. The molecule has 0 aromatic heterocycles. The third-order valence-electron chi connectivity index (χ3n) is 3.80. The lowest BCUT2D eigenvalue weighted by Gasteiger charge is -2.27.